The number of fused-ring (bicyclic) bond motifs is 1. The molecule has 8 heteroatoms. The van der Waals surface area contributed by atoms with Crippen LogP contribution in [0, 0.1) is 0 Å². The van der Waals surface area contributed by atoms with E-state index in [0.717, 1.165) is 31.5 Å². The van der Waals surface area contributed by atoms with Crippen LogP contribution in [-0.4, -0.2) is 34.8 Å². The molecular weight excluding hydrogens is 368 g/mol. The van der Waals surface area contributed by atoms with Crippen LogP contribution in [0.15, 0.2) is 24.7 Å². The van der Waals surface area contributed by atoms with Crippen LogP contribution in [0.25, 0.3) is 0 Å². The van der Waals surface area contributed by atoms with Crippen LogP contribution in [0.3, 0.4) is 0 Å². The van der Waals surface area contributed by atoms with E-state index in [1.165, 1.54) is 6.20 Å². The molecule has 0 unspecified atom stereocenters. The lowest BCUT2D eigenvalue weighted by Crippen LogP contribution is -2.18. The largest absolute Gasteiger partial charge is 0.492 e. The lowest BCUT2D eigenvalue weighted by atomic mass is 9.93. The van der Waals surface area contributed by atoms with Crippen molar-refractivity contribution in [2.75, 3.05) is 18.5 Å². The first kappa shape index (κ1) is 22.7. The molecule has 0 atom stereocenters. The molecule has 2 aromatic heterocycles. The Hall–Kier alpha value is -2.38. The predicted octanol–water partition coefficient (Wildman–Crippen LogP) is 3.36. The van der Waals surface area contributed by atoms with E-state index in [4.69, 9.17) is 10.5 Å². The van der Waals surface area contributed by atoms with Crippen molar-refractivity contribution in [3.8, 4) is 5.75 Å². The normalized spacial score (nSPS) is 12.2. The number of Topliss-reactive ketones (excluding diaryl/α,β-unsaturated/α-hetero) is 1. The number of nitrogens with two attached hydrogens (primary N) is 1. The molecule has 0 spiro atoms. The van der Waals surface area contributed by atoms with Crippen molar-refractivity contribution < 1.29 is 14.3 Å². The van der Waals surface area contributed by atoms with Gasteiger partial charge in [-0.3, -0.25) is 14.6 Å². The van der Waals surface area contributed by atoms with Gasteiger partial charge >= 0.3 is 0 Å². The third-order valence-electron chi connectivity index (χ3n) is 3.93. The minimum Gasteiger partial charge on any atom is -0.492 e. The number of rotatable bonds is 5. The zero-order valence-electron chi connectivity index (χ0n) is 15.7. The number of nitrogens with zero attached hydrogens (tertiary/aromatic N) is 1. The number of aryl methyl sites for hydroxylation is 1. The van der Waals surface area contributed by atoms with Crippen molar-refractivity contribution in [2.24, 2.45) is 5.73 Å². The van der Waals surface area contributed by atoms with Crippen LogP contribution in [0.1, 0.15) is 59.5 Å². The summed E-state index contributed by atoms with van der Waals surface area (Å²) in [5, 5.41) is 2.77. The van der Waals surface area contributed by atoms with Gasteiger partial charge in [0.25, 0.3) is 5.91 Å². The molecule has 1 aliphatic carbocycles. The number of amides is 1. The second-order valence-corrected chi connectivity index (χ2v) is 5.88. The number of pyridine rings is 1. The second-order valence-electron chi connectivity index (χ2n) is 5.88. The molecule has 0 aromatic carbocycles. The number of aromatic amines is 1. The second kappa shape index (κ2) is 11.4. The maximum atomic E-state index is 12.5. The highest BCUT2D eigenvalue weighted by Crippen LogP contribution is 2.27. The number of carbonyl (C=O) groups is 2. The fraction of sp³-hybridized carbons (Fsp3) is 0.421. The summed E-state index contributed by atoms with van der Waals surface area (Å²) in [5.41, 5.74) is 7.27. The highest BCUT2D eigenvalue weighted by Gasteiger charge is 2.26. The van der Waals surface area contributed by atoms with Crippen LogP contribution in [0.4, 0.5) is 5.69 Å². The van der Waals surface area contributed by atoms with E-state index in [1.54, 1.807) is 18.5 Å². The first-order valence-electron chi connectivity index (χ1n) is 8.94. The number of hydrogen-bond donors (Lipinski definition) is 3. The van der Waals surface area contributed by atoms with E-state index in [9.17, 15) is 9.59 Å². The molecule has 4 N–H and O–H groups in total. The van der Waals surface area contributed by atoms with Gasteiger partial charge in [0.15, 0.2) is 5.78 Å². The van der Waals surface area contributed by atoms with Crippen LogP contribution in [0.2, 0.25) is 0 Å². The summed E-state index contributed by atoms with van der Waals surface area (Å²) in [6.45, 7) is 5.23. The quantitative estimate of drug-likeness (QED) is 0.720. The molecular formula is C19H27ClN4O3. The molecule has 0 saturated carbocycles. The summed E-state index contributed by atoms with van der Waals surface area (Å²) >= 11 is 0. The van der Waals surface area contributed by atoms with Gasteiger partial charge in [0.05, 0.1) is 23.9 Å². The van der Waals surface area contributed by atoms with Crippen LogP contribution < -0.4 is 15.8 Å². The molecule has 2 heterocycles. The molecule has 148 valence electrons. The lowest BCUT2D eigenvalue weighted by Gasteiger charge is -2.13. The average Bonchev–Trinajstić information content (AvgIpc) is 3.09. The van der Waals surface area contributed by atoms with Gasteiger partial charge in [-0.05, 0) is 32.7 Å². The molecule has 0 fully saturated rings. The van der Waals surface area contributed by atoms with E-state index in [-0.39, 0.29) is 24.1 Å². The summed E-state index contributed by atoms with van der Waals surface area (Å²) in [5.74, 6) is 0.243. The number of ether oxygens (including phenoxy) is 1. The van der Waals surface area contributed by atoms with Crippen LogP contribution in [0.5, 0.6) is 5.75 Å². The van der Waals surface area contributed by atoms with Crippen LogP contribution >= 0.6 is 12.4 Å². The minimum absolute atomic E-state index is 0. The Kier molecular flexibility index (Phi) is 9.53. The molecule has 1 amide bonds. The number of anilines is 1. The topological polar surface area (TPSA) is 110 Å². The first-order chi connectivity index (χ1) is 12.6. The Morgan fingerprint density at radius 3 is 2.78 bits per heavy atom. The number of nitrogens with one attached hydrogen (secondary N) is 2. The fourth-order valence-electron chi connectivity index (χ4n) is 2.66. The lowest BCUT2D eigenvalue weighted by molar-refractivity contribution is 0.0956. The highest BCUT2D eigenvalue weighted by molar-refractivity contribution is 6.13. The standard InChI is InChI=1S/C16H17N3O3.C3H9N.ClH/c1-2-22-14-6-7-17-9-12(14)19-16(21)10-8-18-11-4-3-5-13(20)15(10)11;1-2-3-4;/h6-9,18H,2-5H2,1H3,(H,19,21);2-4H2,1H3;1H. The van der Waals surface area contributed by atoms with Crippen molar-refractivity contribution in [1.29, 1.82) is 0 Å². The van der Waals surface area contributed by atoms with Crippen molar-refractivity contribution in [1.82, 2.24) is 9.97 Å². The van der Waals surface area contributed by atoms with Gasteiger partial charge in [-0.1, -0.05) is 6.92 Å². The monoisotopic (exact) mass is 394 g/mol. The maximum Gasteiger partial charge on any atom is 0.258 e. The van der Waals surface area contributed by atoms with E-state index in [2.05, 4.69) is 22.2 Å². The third kappa shape index (κ3) is 5.80. The summed E-state index contributed by atoms with van der Waals surface area (Å²) < 4.78 is 5.46. The molecule has 3 rings (SSSR count). The fourth-order valence-corrected chi connectivity index (χ4v) is 2.66. The van der Waals surface area contributed by atoms with Gasteiger partial charge in [-0.2, -0.15) is 0 Å². The number of H-pyrrole nitrogens is 1. The Balaban J connectivity index is 0.000000666. The van der Waals surface area contributed by atoms with E-state index < -0.39 is 0 Å². The highest BCUT2D eigenvalue weighted by atomic mass is 35.5. The Labute approximate surface area is 165 Å². The third-order valence-corrected chi connectivity index (χ3v) is 3.93. The Morgan fingerprint density at radius 2 is 2.11 bits per heavy atom. The molecule has 2 aromatic rings. The van der Waals surface area contributed by atoms with Crippen molar-refractivity contribution >= 4 is 29.8 Å². The predicted molar refractivity (Wildman–Crippen MR) is 108 cm³/mol. The average molecular weight is 395 g/mol. The number of hydrogen-bond acceptors (Lipinski definition) is 5. The van der Waals surface area contributed by atoms with Gasteiger partial charge < -0.3 is 20.8 Å². The van der Waals surface area contributed by atoms with Gasteiger partial charge in [-0.25, -0.2) is 0 Å². The number of aromatic nitrogens is 2. The Morgan fingerprint density at radius 1 is 1.37 bits per heavy atom. The summed E-state index contributed by atoms with van der Waals surface area (Å²) in [6, 6.07) is 1.69. The van der Waals surface area contributed by atoms with Gasteiger partial charge in [0.2, 0.25) is 0 Å². The molecule has 27 heavy (non-hydrogen) atoms. The molecule has 0 aliphatic heterocycles. The van der Waals surface area contributed by atoms with E-state index in [1.807, 2.05) is 6.92 Å². The molecule has 0 bridgehead atoms. The summed E-state index contributed by atoms with van der Waals surface area (Å²) in [7, 11) is 0. The van der Waals surface area contributed by atoms with Crippen molar-refractivity contribution in [3.05, 3.63) is 41.5 Å². The van der Waals surface area contributed by atoms with E-state index >= 15 is 0 Å². The number of halogens is 1. The van der Waals surface area contributed by atoms with Gasteiger partial charge in [-0.15, -0.1) is 12.4 Å². The van der Waals surface area contributed by atoms with Crippen molar-refractivity contribution in [3.63, 3.8) is 0 Å². The smallest absolute Gasteiger partial charge is 0.258 e. The summed E-state index contributed by atoms with van der Waals surface area (Å²) in [4.78, 5) is 31.6. The molecule has 0 radical (unpaired) electrons. The van der Waals surface area contributed by atoms with Crippen molar-refractivity contribution in [2.45, 2.75) is 39.5 Å². The maximum absolute atomic E-state index is 12.5. The molecule has 7 nitrogen and oxygen atoms in total. The van der Waals surface area contributed by atoms with Gasteiger partial charge in [0, 0.05) is 30.6 Å². The van der Waals surface area contributed by atoms with Gasteiger partial charge in [0.1, 0.15) is 11.4 Å². The zero-order valence-corrected chi connectivity index (χ0v) is 16.5. The molecule has 1 aliphatic rings. The minimum atomic E-state index is -0.332. The van der Waals surface area contributed by atoms with E-state index in [0.29, 0.717) is 35.6 Å². The number of ketones is 1. The number of carbonyl (C=O) groups excluding carboxylic acids is 2. The van der Waals surface area contributed by atoms with Crippen LogP contribution in [-0.2, 0) is 6.42 Å². The SMILES string of the molecule is CCCN.CCOc1ccncc1NC(=O)c1c[nH]c2c1C(=O)CCC2.Cl. The summed E-state index contributed by atoms with van der Waals surface area (Å²) in [6.07, 6.45) is 7.93. The molecule has 0 saturated heterocycles. The Bertz CT molecular complexity index is 759. The first-order valence-corrected chi connectivity index (χ1v) is 8.94. The zero-order chi connectivity index (χ0) is 18.9.